The van der Waals surface area contributed by atoms with E-state index in [1.807, 2.05) is 36.4 Å². The number of hydrogen-bond acceptors (Lipinski definition) is 3. The number of aromatic nitrogens is 1. The highest BCUT2D eigenvalue weighted by molar-refractivity contribution is 5.85. The second kappa shape index (κ2) is 8.27. The summed E-state index contributed by atoms with van der Waals surface area (Å²) in [4.78, 5) is 15.6. The molecule has 27 heavy (non-hydrogen) atoms. The minimum atomic E-state index is -0.369. The number of para-hydroxylation sites is 1. The van der Waals surface area contributed by atoms with Gasteiger partial charge in [-0.2, -0.15) is 0 Å². The van der Waals surface area contributed by atoms with Gasteiger partial charge in [0.15, 0.2) is 0 Å². The van der Waals surface area contributed by atoms with E-state index < -0.39 is 0 Å². The predicted octanol–water partition coefficient (Wildman–Crippen LogP) is 3.97. The lowest BCUT2D eigenvalue weighted by atomic mass is 9.91. The quantitative estimate of drug-likeness (QED) is 0.651. The van der Waals surface area contributed by atoms with Crippen molar-refractivity contribution in [1.29, 1.82) is 0 Å². The third-order valence-corrected chi connectivity index (χ3v) is 4.99. The van der Waals surface area contributed by atoms with Gasteiger partial charge in [-0.25, -0.2) is 4.79 Å². The Hall–Kier alpha value is -2.79. The number of H-pyrrole nitrogens is 1. The molecular weight excluding hydrogens is 340 g/mol. The molecule has 1 aromatic heterocycles. The van der Waals surface area contributed by atoms with Crippen LogP contribution in [0.2, 0.25) is 0 Å². The van der Waals surface area contributed by atoms with Crippen molar-refractivity contribution in [2.75, 3.05) is 13.2 Å². The van der Waals surface area contributed by atoms with E-state index in [-0.39, 0.29) is 18.7 Å². The molecule has 2 N–H and O–H groups in total. The Morgan fingerprint density at radius 2 is 1.89 bits per heavy atom. The molecule has 0 saturated carbocycles. The van der Waals surface area contributed by atoms with Crippen LogP contribution in [0.15, 0.2) is 54.6 Å². The molecule has 3 aromatic rings. The van der Waals surface area contributed by atoms with Crippen molar-refractivity contribution in [3.05, 3.63) is 71.4 Å². The Bertz CT molecular complexity index is 904. The second-order valence-electron chi connectivity index (χ2n) is 6.89. The number of rotatable bonds is 6. The first-order chi connectivity index (χ1) is 13.3. The van der Waals surface area contributed by atoms with Gasteiger partial charge in [-0.15, -0.1) is 0 Å². The Balaban J connectivity index is 1.21. The summed E-state index contributed by atoms with van der Waals surface area (Å²) in [6, 6.07) is 18.4. The summed E-state index contributed by atoms with van der Waals surface area (Å²) in [5.74, 6) is 0. The van der Waals surface area contributed by atoms with Gasteiger partial charge >= 0.3 is 6.09 Å². The van der Waals surface area contributed by atoms with Crippen molar-refractivity contribution in [2.45, 2.75) is 31.9 Å². The number of ether oxygens (including phenoxy) is 2. The van der Waals surface area contributed by atoms with Crippen LogP contribution in [0.25, 0.3) is 10.9 Å². The summed E-state index contributed by atoms with van der Waals surface area (Å²) in [5, 5.41) is 4.24. The molecule has 1 unspecified atom stereocenters. The van der Waals surface area contributed by atoms with E-state index in [2.05, 4.69) is 28.5 Å². The van der Waals surface area contributed by atoms with Crippen molar-refractivity contribution in [3.63, 3.8) is 0 Å². The molecule has 0 radical (unpaired) electrons. The molecule has 0 fully saturated rings. The molecule has 0 bridgehead atoms. The molecule has 5 nitrogen and oxygen atoms in total. The first-order valence-electron chi connectivity index (χ1n) is 9.43. The number of aromatic amines is 1. The van der Waals surface area contributed by atoms with E-state index in [1.165, 1.54) is 22.2 Å². The fraction of sp³-hybridized carbons (Fsp3) is 0.318. The summed E-state index contributed by atoms with van der Waals surface area (Å²) in [6.07, 6.45) is 2.32. The first kappa shape index (κ1) is 17.6. The average Bonchev–Trinajstić information content (AvgIpc) is 3.06. The first-order valence-corrected chi connectivity index (χ1v) is 9.43. The van der Waals surface area contributed by atoms with Gasteiger partial charge in [0.25, 0.3) is 0 Å². The molecular formula is C22H24N2O3. The van der Waals surface area contributed by atoms with E-state index in [9.17, 15) is 4.79 Å². The number of alkyl carbamates (subject to hydrolysis) is 1. The predicted molar refractivity (Wildman–Crippen MR) is 105 cm³/mol. The number of carbonyl (C=O) groups excluding carboxylic acids is 1. The van der Waals surface area contributed by atoms with Gasteiger partial charge in [0.1, 0.15) is 6.61 Å². The zero-order chi connectivity index (χ0) is 18.5. The largest absolute Gasteiger partial charge is 0.447 e. The van der Waals surface area contributed by atoms with Crippen LogP contribution in [0.4, 0.5) is 4.79 Å². The van der Waals surface area contributed by atoms with E-state index in [1.54, 1.807) is 0 Å². The van der Waals surface area contributed by atoms with Gasteiger partial charge in [-0.1, -0.05) is 48.5 Å². The molecule has 1 amide bonds. The van der Waals surface area contributed by atoms with Crippen LogP contribution in [0.5, 0.6) is 0 Å². The number of carbonyl (C=O) groups is 1. The molecule has 0 aliphatic heterocycles. The smallest absolute Gasteiger partial charge is 0.407 e. The Morgan fingerprint density at radius 1 is 1.07 bits per heavy atom. The highest BCUT2D eigenvalue weighted by Gasteiger charge is 2.23. The van der Waals surface area contributed by atoms with Crippen LogP contribution in [0.3, 0.4) is 0 Å². The van der Waals surface area contributed by atoms with Gasteiger partial charge in [0.2, 0.25) is 0 Å². The Labute approximate surface area is 158 Å². The fourth-order valence-corrected chi connectivity index (χ4v) is 3.66. The number of benzene rings is 2. The molecule has 0 spiro atoms. The third-order valence-electron chi connectivity index (χ3n) is 4.99. The summed E-state index contributed by atoms with van der Waals surface area (Å²) in [5.41, 5.74) is 4.88. The van der Waals surface area contributed by atoms with E-state index in [0.717, 1.165) is 24.8 Å². The molecule has 0 saturated heterocycles. The molecule has 2 aromatic carbocycles. The highest BCUT2D eigenvalue weighted by atomic mass is 16.6. The highest BCUT2D eigenvalue weighted by Crippen LogP contribution is 2.29. The van der Waals surface area contributed by atoms with E-state index in [0.29, 0.717) is 13.2 Å². The molecule has 1 aliphatic carbocycles. The maximum Gasteiger partial charge on any atom is 0.407 e. The molecule has 1 heterocycles. The van der Waals surface area contributed by atoms with Gasteiger partial charge in [-0.05, 0) is 36.5 Å². The minimum absolute atomic E-state index is 0.106. The lowest BCUT2D eigenvalue weighted by Gasteiger charge is -2.23. The van der Waals surface area contributed by atoms with Crippen LogP contribution >= 0.6 is 0 Å². The summed E-state index contributed by atoms with van der Waals surface area (Å²) in [6.45, 7) is 1.17. The molecule has 5 heteroatoms. The van der Waals surface area contributed by atoms with Gasteiger partial charge < -0.3 is 19.8 Å². The van der Waals surface area contributed by atoms with Crippen LogP contribution < -0.4 is 5.32 Å². The monoisotopic (exact) mass is 364 g/mol. The average molecular weight is 364 g/mol. The van der Waals surface area contributed by atoms with E-state index in [4.69, 9.17) is 9.47 Å². The Kier molecular flexibility index (Phi) is 5.39. The lowest BCUT2D eigenvalue weighted by Crippen LogP contribution is -2.39. The molecule has 140 valence electrons. The maximum atomic E-state index is 12.1. The van der Waals surface area contributed by atoms with Crippen molar-refractivity contribution in [3.8, 4) is 0 Å². The van der Waals surface area contributed by atoms with Gasteiger partial charge in [-0.3, -0.25) is 0 Å². The number of hydrogen-bond donors (Lipinski definition) is 2. The summed E-state index contributed by atoms with van der Waals surface area (Å²) < 4.78 is 10.8. The number of nitrogens with one attached hydrogen (secondary N) is 2. The second-order valence-corrected chi connectivity index (χ2v) is 6.89. The molecule has 1 aliphatic rings. The lowest BCUT2D eigenvalue weighted by molar-refractivity contribution is 0.0634. The topological polar surface area (TPSA) is 63.4 Å². The van der Waals surface area contributed by atoms with Crippen molar-refractivity contribution >= 4 is 17.0 Å². The third kappa shape index (κ3) is 4.31. The number of fused-ring (bicyclic) bond motifs is 3. The molecule has 1 atom stereocenters. The van der Waals surface area contributed by atoms with Crippen molar-refractivity contribution in [1.82, 2.24) is 10.3 Å². The fourth-order valence-electron chi connectivity index (χ4n) is 3.66. The SMILES string of the molecule is O=C(NC1CCc2[nH]c3ccccc3c2C1)OCCOCc1ccccc1. The Morgan fingerprint density at radius 3 is 2.78 bits per heavy atom. The maximum absolute atomic E-state index is 12.1. The van der Waals surface area contributed by atoms with Gasteiger partial charge in [0, 0.05) is 22.6 Å². The summed E-state index contributed by atoms with van der Waals surface area (Å²) in [7, 11) is 0. The van der Waals surface area contributed by atoms with Crippen LogP contribution in [0, 0.1) is 0 Å². The molecule has 4 rings (SSSR count). The van der Waals surface area contributed by atoms with Crippen molar-refractivity contribution in [2.24, 2.45) is 0 Å². The van der Waals surface area contributed by atoms with Crippen molar-refractivity contribution < 1.29 is 14.3 Å². The zero-order valence-electron chi connectivity index (χ0n) is 15.2. The van der Waals surface area contributed by atoms with Crippen LogP contribution in [-0.4, -0.2) is 30.3 Å². The zero-order valence-corrected chi connectivity index (χ0v) is 15.2. The number of amides is 1. The normalized spacial score (nSPS) is 16.1. The summed E-state index contributed by atoms with van der Waals surface area (Å²) >= 11 is 0. The minimum Gasteiger partial charge on any atom is -0.447 e. The number of aryl methyl sites for hydroxylation is 1. The van der Waals surface area contributed by atoms with Crippen LogP contribution in [-0.2, 0) is 28.9 Å². The standard InChI is InChI=1S/C22H24N2O3/c25-22(27-13-12-26-15-16-6-2-1-3-7-16)23-17-10-11-21-19(14-17)18-8-4-5-9-20(18)24-21/h1-9,17,24H,10-15H2,(H,23,25). The van der Waals surface area contributed by atoms with E-state index >= 15 is 0 Å². The van der Waals surface area contributed by atoms with Crippen LogP contribution in [0.1, 0.15) is 23.2 Å². The van der Waals surface area contributed by atoms with Gasteiger partial charge in [0.05, 0.1) is 13.2 Å².